The Labute approximate surface area is 147 Å². The summed E-state index contributed by atoms with van der Waals surface area (Å²) >= 11 is 0. The fourth-order valence-corrected chi connectivity index (χ4v) is 2.03. The second kappa shape index (κ2) is 9.43. The second-order valence-corrected chi connectivity index (χ2v) is 6.08. The molecule has 0 fully saturated rings. The Morgan fingerprint density at radius 2 is 1.80 bits per heavy atom. The molecule has 0 aliphatic heterocycles. The van der Waals surface area contributed by atoms with Crippen molar-refractivity contribution in [3.8, 4) is 12.1 Å². The van der Waals surface area contributed by atoms with Crippen molar-refractivity contribution in [1.82, 2.24) is 0 Å². The normalized spacial score (nSPS) is 14.5. The summed E-state index contributed by atoms with van der Waals surface area (Å²) in [6, 6.07) is 3.57. The molecule has 8 nitrogen and oxygen atoms in total. The fourth-order valence-electron chi connectivity index (χ4n) is 2.03. The molecular formula is C17H24N4O4. The van der Waals surface area contributed by atoms with E-state index in [1.807, 2.05) is 0 Å². The van der Waals surface area contributed by atoms with Crippen molar-refractivity contribution in [1.29, 1.82) is 10.5 Å². The number of carbonyl (C=O) groups is 2. The van der Waals surface area contributed by atoms with Crippen LogP contribution in [0.3, 0.4) is 0 Å². The van der Waals surface area contributed by atoms with Gasteiger partial charge < -0.3 is 15.2 Å². The van der Waals surface area contributed by atoms with Crippen LogP contribution in [0.2, 0.25) is 0 Å². The third-order valence-corrected chi connectivity index (χ3v) is 3.77. The van der Waals surface area contributed by atoms with E-state index in [0.717, 1.165) is 6.20 Å². The van der Waals surface area contributed by atoms with Crippen LogP contribution in [0, 0.1) is 39.4 Å². The van der Waals surface area contributed by atoms with Gasteiger partial charge in [-0.1, -0.05) is 0 Å². The Morgan fingerprint density at radius 3 is 2.20 bits per heavy atom. The van der Waals surface area contributed by atoms with Crippen molar-refractivity contribution in [2.45, 2.75) is 27.7 Å². The number of carbonyl (C=O) groups excluding carboxylic acids is 2. The van der Waals surface area contributed by atoms with Crippen molar-refractivity contribution in [2.75, 3.05) is 20.3 Å². The van der Waals surface area contributed by atoms with Crippen LogP contribution in [0.1, 0.15) is 27.7 Å². The van der Waals surface area contributed by atoms with Crippen LogP contribution in [0.15, 0.2) is 16.8 Å². The first kappa shape index (κ1) is 22.1. The summed E-state index contributed by atoms with van der Waals surface area (Å²) in [6.07, 6.45) is 2.39. The molecule has 0 bridgehead atoms. The van der Waals surface area contributed by atoms with Crippen LogP contribution in [-0.4, -0.2) is 38.4 Å². The van der Waals surface area contributed by atoms with Gasteiger partial charge in [-0.25, -0.2) is 0 Å². The molecule has 0 spiro atoms. The second-order valence-electron chi connectivity index (χ2n) is 6.08. The lowest BCUT2D eigenvalue weighted by Crippen LogP contribution is -2.39. The van der Waals surface area contributed by atoms with Crippen LogP contribution < -0.4 is 5.73 Å². The van der Waals surface area contributed by atoms with E-state index in [-0.39, 0.29) is 18.7 Å². The highest BCUT2D eigenvalue weighted by Crippen LogP contribution is 2.35. The van der Waals surface area contributed by atoms with Crippen LogP contribution in [0.5, 0.6) is 0 Å². The molecule has 0 aliphatic carbocycles. The van der Waals surface area contributed by atoms with Crippen molar-refractivity contribution in [2.24, 2.45) is 27.5 Å². The lowest BCUT2D eigenvalue weighted by atomic mass is 9.73. The smallest absolute Gasteiger partial charge is 0.318 e. The zero-order valence-corrected chi connectivity index (χ0v) is 15.2. The van der Waals surface area contributed by atoms with Crippen molar-refractivity contribution < 1.29 is 19.1 Å². The van der Waals surface area contributed by atoms with Gasteiger partial charge in [0.1, 0.15) is 5.41 Å². The van der Waals surface area contributed by atoms with Gasteiger partial charge in [-0.3, -0.25) is 14.6 Å². The number of esters is 2. The Balaban J connectivity index is 5.75. The third-order valence-electron chi connectivity index (χ3n) is 3.77. The van der Waals surface area contributed by atoms with E-state index in [1.165, 1.54) is 20.2 Å². The number of nitrogens with zero attached hydrogens (tertiary/aromatic N) is 3. The van der Waals surface area contributed by atoms with E-state index >= 15 is 0 Å². The lowest BCUT2D eigenvalue weighted by molar-refractivity contribution is -0.153. The molecule has 1 unspecified atom stereocenters. The number of hydrogen-bond donors (Lipinski definition) is 1. The van der Waals surface area contributed by atoms with Crippen molar-refractivity contribution >= 4 is 18.2 Å². The molecule has 0 saturated carbocycles. The maximum atomic E-state index is 12.4. The minimum atomic E-state index is -1.60. The van der Waals surface area contributed by atoms with Crippen LogP contribution in [-0.2, 0) is 19.1 Å². The van der Waals surface area contributed by atoms with Gasteiger partial charge >= 0.3 is 11.9 Å². The Bertz CT molecular complexity index is 626. The third kappa shape index (κ3) is 5.05. The quantitative estimate of drug-likeness (QED) is 0.515. The van der Waals surface area contributed by atoms with E-state index in [0.29, 0.717) is 0 Å². The topological polar surface area (TPSA) is 139 Å². The number of nitriles is 2. The lowest BCUT2D eigenvalue weighted by Gasteiger charge is -2.28. The number of ether oxygens (including phenoxy) is 2. The first-order valence-electron chi connectivity index (χ1n) is 7.62. The highest BCUT2D eigenvalue weighted by Gasteiger charge is 2.46. The average molecular weight is 348 g/mol. The number of aliphatic imine (C=N–C) groups is 1. The molecule has 0 aromatic rings. The van der Waals surface area contributed by atoms with Crippen molar-refractivity contribution in [3.63, 3.8) is 0 Å². The number of rotatable bonds is 8. The van der Waals surface area contributed by atoms with Gasteiger partial charge in [-0.15, -0.1) is 0 Å². The zero-order chi connectivity index (χ0) is 19.7. The van der Waals surface area contributed by atoms with Gasteiger partial charge in [-0.05, 0) is 33.9 Å². The van der Waals surface area contributed by atoms with E-state index < -0.39 is 28.7 Å². The molecular weight excluding hydrogens is 324 g/mol. The number of nitrogens with two attached hydrogens (primary N) is 1. The average Bonchev–Trinajstić information content (AvgIpc) is 2.58. The molecule has 0 heterocycles. The largest absolute Gasteiger partial charge is 0.469 e. The van der Waals surface area contributed by atoms with E-state index in [1.54, 1.807) is 32.9 Å². The predicted molar refractivity (Wildman–Crippen MR) is 90.9 cm³/mol. The number of methoxy groups -OCH3 is 1. The number of hydrogen-bond acceptors (Lipinski definition) is 8. The summed E-state index contributed by atoms with van der Waals surface area (Å²) in [5.41, 5.74) is 3.27. The molecule has 0 saturated heterocycles. The maximum Gasteiger partial charge on any atom is 0.318 e. The summed E-state index contributed by atoms with van der Waals surface area (Å²) in [5, 5.41) is 18.5. The standard InChI is InChI=1S/C17H24N4O4/c1-6-25-15(23)17(4,12(7-18)8-19)13(9-20)10-21-11-16(2,3)14(22)24-5/h9-10,12H,6,11,20H2,1-5H3. The predicted octanol–water partition coefficient (Wildman–Crippen LogP) is 1.33. The molecule has 0 amide bonds. The molecule has 2 N–H and O–H groups in total. The van der Waals surface area contributed by atoms with E-state index in [2.05, 4.69) is 4.99 Å². The summed E-state index contributed by atoms with van der Waals surface area (Å²) in [7, 11) is 1.28. The van der Waals surface area contributed by atoms with Gasteiger partial charge in [-0.2, -0.15) is 10.5 Å². The monoisotopic (exact) mass is 348 g/mol. The van der Waals surface area contributed by atoms with Crippen LogP contribution >= 0.6 is 0 Å². The molecule has 0 rings (SSSR count). The molecule has 1 atom stereocenters. The Hall–Kier alpha value is -2.87. The molecule has 0 aromatic heterocycles. The minimum absolute atomic E-state index is 0.0691. The molecule has 136 valence electrons. The van der Waals surface area contributed by atoms with Gasteiger partial charge in [0.05, 0.1) is 37.8 Å². The van der Waals surface area contributed by atoms with Gasteiger partial charge in [0.2, 0.25) is 0 Å². The summed E-state index contributed by atoms with van der Waals surface area (Å²) in [6.45, 7) is 6.48. The molecule has 25 heavy (non-hydrogen) atoms. The van der Waals surface area contributed by atoms with Crippen molar-refractivity contribution in [3.05, 3.63) is 11.8 Å². The first-order valence-corrected chi connectivity index (χ1v) is 7.62. The van der Waals surface area contributed by atoms with Gasteiger partial charge in [0.15, 0.2) is 5.92 Å². The summed E-state index contributed by atoms with van der Waals surface area (Å²) in [5.74, 6) is -2.51. The van der Waals surface area contributed by atoms with Gasteiger partial charge in [0.25, 0.3) is 0 Å². The highest BCUT2D eigenvalue weighted by molar-refractivity contribution is 5.93. The maximum absolute atomic E-state index is 12.4. The van der Waals surface area contributed by atoms with E-state index in [9.17, 15) is 20.1 Å². The molecule has 0 radical (unpaired) electrons. The first-order chi connectivity index (χ1) is 11.6. The highest BCUT2D eigenvalue weighted by atomic mass is 16.5. The van der Waals surface area contributed by atoms with E-state index in [4.69, 9.17) is 15.2 Å². The fraction of sp³-hybridized carbons (Fsp3) is 0.588. The summed E-state index contributed by atoms with van der Waals surface area (Å²) < 4.78 is 9.70. The Kier molecular flexibility index (Phi) is 8.35. The summed E-state index contributed by atoms with van der Waals surface area (Å²) in [4.78, 5) is 28.2. The molecule has 0 aliphatic rings. The zero-order valence-electron chi connectivity index (χ0n) is 15.2. The van der Waals surface area contributed by atoms with Gasteiger partial charge in [0, 0.05) is 11.8 Å². The van der Waals surface area contributed by atoms with Crippen LogP contribution in [0.4, 0.5) is 0 Å². The SMILES string of the molecule is CCOC(=O)C(C)(C(C=NCC(C)(C)C(=O)OC)=CN)C(C#N)C#N. The molecule has 0 aromatic carbocycles. The van der Waals surface area contributed by atoms with Crippen LogP contribution in [0.25, 0.3) is 0 Å². The molecule has 8 heteroatoms. The minimum Gasteiger partial charge on any atom is -0.469 e. The Morgan fingerprint density at radius 1 is 1.24 bits per heavy atom.